The minimum atomic E-state index is -0.697. The lowest BCUT2D eigenvalue weighted by molar-refractivity contribution is -0.384. The smallest absolute Gasteiger partial charge is 0.270 e. The van der Waals surface area contributed by atoms with Crippen LogP contribution in [0.5, 0.6) is 0 Å². The molecule has 0 unspecified atom stereocenters. The van der Waals surface area contributed by atoms with Crippen LogP contribution in [0.1, 0.15) is 38.8 Å². The van der Waals surface area contributed by atoms with E-state index in [1.165, 1.54) is 22.6 Å². The zero-order valence-corrected chi connectivity index (χ0v) is 15.5. The van der Waals surface area contributed by atoms with Gasteiger partial charge in [0.05, 0.1) is 16.1 Å². The molecule has 3 rings (SSSR count). The Morgan fingerprint density at radius 1 is 1.04 bits per heavy atom. The van der Waals surface area contributed by atoms with Gasteiger partial charge in [-0.2, -0.15) is 0 Å². The van der Waals surface area contributed by atoms with Crippen molar-refractivity contribution in [3.63, 3.8) is 0 Å². The minimum absolute atomic E-state index is 0.0511. The lowest BCUT2D eigenvalue weighted by atomic mass is 10.1. The summed E-state index contributed by atoms with van der Waals surface area (Å²) in [6, 6.07) is 11.3. The molecule has 0 aromatic heterocycles. The number of imide groups is 1. The van der Waals surface area contributed by atoms with Crippen LogP contribution >= 0.6 is 0 Å². The molecular weight excluding hydrogens is 362 g/mol. The van der Waals surface area contributed by atoms with Crippen LogP contribution < -0.4 is 0 Å². The first-order valence-electron chi connectivity index (χ1n) is 8.78. The van der Waals surface area contributed by atoms with Crippen molar-refractivity contribution in [2.24, 2.45) is 0 Å². The maximum atomic E-state index is 12.5. The summed E-state index contributed by atoms with van der Waals surface area (Å²) in [4.78, 5) is 50.0. The second kappa shape index (κ2) is 7.59. The van der Waals surface area contributed by atoms with Gasteiger partial charge in [-0.1, -0.05) is 31.2 Å². The molecule has 8 nitrogen and oxygen atoms in total. The predicted molar refractivity (Wildman–Crippen MR) is 101 cm³/mol. The number of hydrogen-bond acceptors (Lipinski definition) is 5. The number of rotatable bonds is 6. The first-order chi connectivity index (χ1) is 13.3. The van der Waals surface area contributed by atoms with Crippen LogP contribution in [0, 0.1) is 10.1 Å². The quantitative estimate of drug-likeness (QED) is 0.434. The Morgan fingerprint density at radius 3 is 2.25 bits per heavy atom. The van der Waals surface area contributed by atoms with Crippen LogP contribution in [0.4, 0.5) is 5.69 Å². The summed E-state index contributed by atoms with van der Waals surface area (Å²) in [5.74, 6) is -1.72. The number of aryl methyl sites for hydroxylation is 1. The fourth-order valence-corrected chi connectivity index (χ4v) is 3.03. The molecule has 0 spiro atoms. The second-order valence-electron chi connectivity index (χ2n) is 6.60. The largest absolute Gasteiger partial charge is 0.340 e. The van der Waals surface area contributed by atoms with Crippen molar-refractivity contribution in [3.05, 3.63) is 74.8 Å². The van der Waals surface area contributed by atoms with Crippen LogP contribution in [-0.2, 0) is 17.8 Å². The third-order valence-corrected chi connectivity index (χ3v) is 4.74. The Hall–Kier alpha value is -3.55. The van der Waals surface area contributed by atoms with Crippen LogP contribution in [0.2, 0.25) is 0 Å². The minimum Gasteiger partial charge on any atom is -0.340 e. The van der Waals surface area contributed by atoms with Gasteiger partial charge in [-0.3, -0.25) is 29.4 Å². The maximum absolute atomic E-state index is 12.5. The number of nitro groups is 1. The lowest BCUT2D eigenvalue weighted by Crippen LogP contribution is -2.40. The van der Waals surface area contributed by atoms with Crippen LogP contribution in [0.25, 0.3) is 0 Å². The summed E-state index contributed by atoms with van der Waals surface area (Å²) in [5, 5.41) is 10.9. The van der Waals surface area contributed by atoms with E-state index in [0.29, 0.717) is 6.54 Å². The van der Waals surface area contributed by atoms with E-state index in [9.17, 15) is 24.5 Å². The molecule has 0 atom stereocenters. The van der Waals surface area contributed by atoms with E-state index in [1.807, 2.05) is 24.3 Å². The Bertz CT molecular complexity index is 968. The highest BCUT2D eigenvalue weighted by Crippen LogP contribution is 2.26. The molecule has 28 heavy (non-hydrogen) atoms. The molecule has 0 fully saturated rings. The fourth-order valence-electron chi connectivity index (χ4n) is 3.03. The number of benzene rings is 2. The molecule has 2 aromatic carbocycles. The third kappa shape index (κ3) is 3.62. The highest BCUT2D eigenvalue weighted by Gasteiger charge is 2.38. The van der Waals surface area contributed by atoms with Gasteiger partial charge in [0.25, 0.3) is 17.5 Å². The van der Waals surface area contributed by atoms with Crippen molar-refractivity contribution < 1.29 is 19.3 Å². The molecule has 1 heterocycles. The summed E-state index contributed by atoms with van der Waals surface area (Å²) in [7, 11) is 1.60. The van der Waals surface area contributed by atoms with Crippen molar-refractivity contribution in [1.82, 2.24) is 9.80 Å². The maximum Gasteiger partial charge on any atom is 0.270 e. The van der Waals surface area contributed by atoms with Gasteiger partial charge in [-0.15, -0.1) is 0 Å². The summed E-state index contributed by atoms with van der Waals surface area (Å²) in [5.41, 5.74) is 1.87. The molecule has 144 valence electrons. The standard InChI is InChI=1S/C20H19N3O5/c1-3-13-4-6-14(7-5-13)11-21(2)18(24)12-22-19(25)16-9-8-15(23(27)28)10-17(16)20(22)26/h4-10H,3,11-12H2,1-2H3. The van der Waals surface area contributed by atoms with Crippen LogP contribution in [0.15, 0.2) is 42.5 Å². The molecule has 1 aliphatic rings. The molecule has 0 aliphatic carbocycles. The molecule has 0 radical (unpaired) electrons. The Labute approximate surface area is 161 Å². The molecule has 0 saturated carbocycles. The van der Waals surface area contributed by atoms with Gasteiger partial charge in [0.15, 0.2) is 0 Å². The molecule has 0 bridgehead atoms. The number of fused-ring (bicyclic) bond motifs is 1. The number of carbonyl (C=O) groups is 3. The number of carbonyl (C=O) groups excluding carboxylic acids is 3. The number of likely N-dealkylation sites (N-methyl/N-ethyl adjacent to an activating group) is 1. The summed E-state index contributed by atoms with van der Waals surface area (Å²) >= 11 is 0. The van der Waals surface area contributed by atoms with Gasteiger partial charge in [0, 0.05) is 25.7 Å². The molecule has 2 aromatic rings. The van der Waals surface area contributed by atoms with Gasteiger partial charge >= 0.3 is 0 Å². The van der Waals surface area contributed by atoms with Gasteiger partial charge in [-0.05, 0) is 23.6 Å². The molecule has 1 aliphatic heterocycles. The second-order valence-corrected chi connectivity index (χ2v) is 6.60. The Morgan fingerprint density at radius 2 is 1.64 bits per heavy atom. The first-order valence-corrected chi connectivity index (χ1v) is 8.78. The van der Waals surface area contributed by atoms with E-state index < -0.39 is 29.2 Å². The van der Waals surface area contributed by atoms with E-state index in [-0.39, 0.29) is 16.8 Å². The summed E-state index contributed by atoms with van der Waals surface area (Å²) < 4.78 is 0. The highest BCUT2D eigenvalue weighted by molar-refractivity contribution is 6.22. The normalized spacial score (nSPS) is 12.9. The number of nitro benzene ring substituents is 1. The molecule has 8 heteroatoms. The summed E-state index contributed by atoms with van der Waals surface area (Å²) in [6.07, 6.45) is 0.924. The topological polar surface area (TPSA) is 101 Å². The van der Waals surface area contributed by atoms with Crippen LogP contribution in [0.3, 0.4) is 0 Å². The number of nitrogens with zero attached hydrogens (tertiary/aromatic N) is 3. The fraction of sp³-hybridized carbons (Fsp3) is 0.250. The highest BCUT2D eigenvalue weighted by atomic mass is 16.6. The third-order valence-electron chi connectivity index (χ3n) is 4.74. The van der Waals surface area contributed by atoms with E-state index in [4.69, 9.17) is 0 Å². The first kappa shape index (κ1) is 19.2. The molecule has 0 saturated heterocycles. The van der Waals surface area contributed by atoms with E-state index in [0.717, 1.165) is 23.0 Å². The van der Waals surface area contributed by atoms with Crippen LogP contribution in [-0.4, -0.2) is 46.0 Å². The molecule has 3 amide bonds. The van der Waals surface area contributed by atoms with Gasteiger partial charge in [-0.25, -0.2) is 0 Å². The van der Waals surface area contributed by atoms with E-state index in [1.54, 1.807) is 7.05 Å². The molecular formula is C20H19N3O5. The predicted octanol–water partition coefficient (Wildman–Crippen LogP) is 2.41. The van der Waals surface area contributed by atoms with Gasteiger partial charge < -0.3 is 4.90 Å². The average Bonchev–Trinajstić information content (AvgIpc) is 2.92. The Kier molecular flexibility index (Phi) is 5.21. The monoisotopic (exact) mass is 381 g/mol. The summed E-state index contributed by atoms with van der Waals surface area (Å²) in [6.45, 7) is 1.99. The van der Waals surface area contributed by atoms with Crippen molar-refractivity contribution in [1.29, 1.82) is 0 Å². The SMILES string of the molecule is CCc1ccc(CN(C)C(=O)CN2C(=O)c3ccc([N+](=O)[O-])cc3C2=O)cc1. The lowest BCUT2D eigenvalue weighted by Gasteiger charge is -2.21. The van der Waals surface area contributed by atoms with E-state index in [2.05, 4.69) is 6.92 Å². The zero-order valence-electron chi connectivity index (χ0n) is 15.5. The molecule has 0 N–H and O–H groups in total. The van der Waals surface area contributed by atoms with Gasteiger partial charge in [0.2, 0.25) is 5.91 Å². The van der Waals surface area contributed by atoms with Gasteiger partial charge in [0.1, 0.15) is 6.54 Å². The number of non-ortho nitro benzene ring substituents is 1. The zero-order chi connectivity index (χ0) is 20.4. The van der Waals surface area contributed by atoms with Crippen molar-refractivity contribution in [2.45, 2.75) is 19.9 Å². The average molecular weight is 381 g/mol. The van der Waals surface area contributed by atoms with Crippen molar-refractivity contribution in [2.75, 3.05) is 13.6 Å². The van der Waals surface area contributed by atoms with E-state index >= 15 is 0 Å². The Balaban J connectivity index is 1.70. The number of amides is 3. The van der Waals surface area contributed by atoms with Crippen molar-refractivity contribution >= 4 is 23.4 Å². The van der Waals surface area contributed by atoms with Crippen molar-refractivity contribution in [3.8, 4) is 0 Å². The number of hydrogen-bond donors (Lipinski definition) is 0.